The summed E-state index contributed by atoms with van der Waals surface area (Å²) < 4.78 is 11.7. The molecule has 190 valence electrons. The van der Waals surface area contributed by atoms with E-state index in [-0.39, 0.29) is 29.9 Å². The van der Waals surface area contributed by atoms with Gasteiger partial charge in [-0.3, -0.25) is 9.59 Å². The molecule has 1 heterocycles. The number of benzene rings is 3. The Morgan fingerprint density at radius 2 is 1.43 bits per heavy atom. The standard InChI is InChI=1S/C32H33NO4/c1-21(2)19-36-26-12-8-23(9-13-26)25-16-29-32(30(34)17-25)28(18-31(35)33-29)24-10-14-27(15-11-24)37-20-22-6-4-3-5-7-22/h3-15,21,25,28H,16-20H2,1-2H3,(H,33,35). The lowest BCUT2D eigenvalue weighted by Gasteiger charge is -2.34. The molecular weight excluding hydrogens is 462 g/mol. The molecule has 2 atom stereocenters. The van der Waals surface area contributed by atoms with Gasteiger partial charge in [0.25, 0.3) is 0 Å². The third kappa shape index (κ3) is 5.93. The van der Waals surface area contributed by atoms with Crippen molar-refractivity contribution in [3.63, 3.8) is 0 Å². The van der Waals surface area contributed by atoms with Crippen LogP contribution in [0.15, 0.2) is 90.1 Å². The Labute approximate surface area is 218 Å². The SMILES string of the molecule is CC(C)COc1ccc(C2CC(=O)C3=C(C2)NC(=O)CC3c2ccc(OCc3ccccc3)cc2)cc1. The van der Waals surface area contributed by atoms with Crippen LogP contribution in [0.5, 0.6) is 11.5 Å². The van der Waals surface area contributed by atoms with E-state index in [0.29, 0.717) is 32.0 Å². The third-order valence-corrected chi connectivity index (χ3v) is 7.00. The van der Waals surface area contributed by atoms with Crippen LogP contribution in [-0.2, 0) is 16.2 Å². The molecule has 5 nitrogen and oxygen atoms in total. The summed E-state index contributed by atoms with van der Waals surface area (Å²) in [7, 11) is 0. The Hall–Kier alpha value is -3.86. The Kier molecular flexibility index (Phi) is 7.40. The molecule has 2 unspecified atom stereocenters. The first-order chi connectivity index (χ1) is 18.0. The first-order valence-electron chi connectivity index (χ1n) is 13.0. The van der Waals surface area contributed by atoms with E-state index in [1.54, 1.807) is 0 Å². The summed E-state index contributed by atoms with van der Waals surface area (Å²) in [5, 5.41) is 3.01. The minimum Gasteiger partial charge on any atom is -0.493 e. The Morgan fingerprint density at radius 3 is 2.11 bits per heavy atom. The maximum atomic E-state index is 13.4. The summed E-state index contributed by atoms with van der Waals surface area (Å²) in [6.07, 6.45) is 1.37. The van der Waals surface area contributed by atoms with Crippen molar-refractivity contribution in [2.75, 3.05) is 6.61 Å². The zero-order chi connectivity index (χ0) is 25.8. The van der Waals surface area contributed by atoms with E-state index in [1.807, 2.05) is 78.9 Å². The van der Waals surface area contributed by atoms with Crippen molar-refractivity contribution >= 4 is 11.7 Å². The molecule has 1 N–H and O–H groups in total. The Balaban J connectivity index is 1.30. The second-order valence-electron chi connectivity index (χ2n) is 10.3. The van der Waals surface area contributed by atoms with E-state index in [1.165, 1.54) is 0 Å². The minimum atomic E-state index is -0.229. The van der Waals surface area contributed by atoms with Crippen LogP contribution in [0.3, 0.4) is 0 Å². The van der Waals surface area contributed by atoms with Gasteiger partial charge in [-0.25, -0.2) is 0 Å². The van der Waals surface area contributed by atoms with Crippen molar-refractivity contribution < 1.29 is 19.1 Å². The van der Waals surface area contributed by atoms with Gasteiger partial charge in [0.1, 0.15) is 18.1 Å². The maximum absolute atomic E-state index is 13.4. The highest BCUT2D eigenvalue weighted by atomic mass is 16.5. The zero-order valence-electron chi connectivity index (χ0n) is 21.4. The molecule has 1 amide bonds. The molecular formula is C32H33NO4. The smallest absolute Gasteiger partial charge is 0.225 e. The normalized spacial score (nSPS) is 19.4. The van der Waals surface area contributed by atoms with E-state index < -0.39 is 0 Å². The fourth-order valence-corrected chi connectivity index (χ4v) is 5.12. The van der Waals surface area contributed by atoms with Crippen molar-refractivity contribution in [3.05, 3.63) is 107 Å². The molecule has 3 aromatic carbocycles. The largest absolute Gasteiger partial charge is 0.493 e. The molecule has 2 aliphatic rings. The molecule has 0 saturated carbocycles. The number of ether oxygens (including phenoxy) is 2. The van der Waals surface area contributed by atoms with Crippen LogP contribution in [-0.4, -0.2) is 18.3 Å². The van der Waals surface area contributed by atoms with E-state index in [0.717, 1.165) is 39.5 Å². The number of nitrogens with one attached hydrogen (secondary N) is 1. The molecule has 0 fully saturated rings. The number of Topliss-reactive ketones (excluding diaryl/α,β-unsaturated/α-hetero) is 1. The molecule has 37 heavy (non-hydrogen) atoms. The molecule has 5 rings (SSSR count). The molecule has 0 aromatic heterocycles. The average Bonchev–Trinajstić information content (AvgIpc) is 2.91. The van der Waals surface area contributed by atoms with Crippen molar-refractivity contribution in [2.45, 2.75) is 51.6 Å². The minimum absolute atomic E-state index is 0.0400. The summed E-state index contributed by atoms with van der Waals surface area (Å²) in [6, 6.07) is 25.8. The molecule has 0 spiro atoms. The van der Waals surface area contributed by atoms with Gasteiger partial charge < -0.3 is 14.8 Å². The summed E-state index contributed by atoms with van der Waals surface area (Å²) in [6.45, 7) is 5.40. The predicted octanol–water partition coefficient (Wildman–Crippen LogP) is 6.30. The van der Waals surface area contributed by atoms with Gasteiger partial charge in [0.2, 0.25) is 5.91 Å². The fraction of sp³-hybridized carbons (Fsp3) is 0.312. The molecule has 0 saturated heterocycles. The van der Waals surface area contributed by atoms with E-state index >= 15 is 0 Å². The molecule has 0 bridgehead atoms. The number of ketones is 1. The summed E-state index contributed by atoms with van der Waals surface area (Å²) in [4.78, 5) is 26.1. The van der Waals surface area contributed by atoms with Crippen molar-refractivity contribution in [3.8, 4) is 11.5 Å². The van der Waals surface area contributed by atoms with Gasteiger partial charge in [0.15, 0.2) is 5.78 Å². The quantitative estimate of drug-likeness (QED) is 0.398. The second kappa shape index (κ2) is 11.0. The van der Waals surface area contributed by atoms with E-state index in [4.69, 9.17) is 9.47 Å². The van der Waals surface area contributed by atoms with Gasteiger partial charge in [0, 0.05) is 30.0 Å². The van der Waals surface area contributed by atoms with Crippen molar-refractivity contribution in [1.82, 2.24) is 5.32 Å². The summed E-state index contributed by atoms with van der Waals surface area (Å²) in [5.41, 5.74) is 4.68. The molecule has 5 heteroatoms. The van der Waals surface area contributed by atoms with Crippen molar-refractivity contribution in [1.29, 1.82) is 0 Å². The lowest BCUT2D eigenvalue weighted by Crippen LogP contribution is -2.38. The fourth-order valence-electron chi connectivity index (χ4n) is 5.12. The van der Waals surface area contributed by atoms with Gasteiger partial charge in [0.05, 0.1) is 6.61 Å². The zero-order valence-corrected chi connectivity index (χ0v) is 21.4. The van der Waals surface area contributed by atoms with Gasteiger partial charge in [-0.2, -0.15) is 0 Å². The number of hydrogen-bond donors (Lipinski definition) is 1. The van der Waals surface area contributed by atoms with Crippen LogP contribution < -0.4 is 14.8 Å². The highest BCUT2D eigenvalue weighted by Gasteiger charge is 2.38. The molecule has 3 aromatic rings. The van der Waals surface area contributed by atoms with Crippen LogP contribution in [0.25, 0.3) is 0 Å². The average molecular weight is 496 g/mol. The summed E-state index contributed by atoms with van der Waals surface area (Å²) >= 11 is 0. The lowest BCUT2D eigenvalue weighted by molar-refractivity contribution is -0.122. The number of rotatable bonds is 8. The van der Waals surface area contributed by atoms with Gasteiger partial charge in [-0.15, -0.1) is 0 Å². The van der Waals surface area contributed by atoms with E-state index in [2.05, 4.69) is 19.2 Å². The van der Waals surface area contributed by atoms with Crippen molar-refractivity contribution in [2.24, 2.45) is 5.92 Å². The van der Waals surface area contributed by atoms with Gasteiger partial charge >= 0.3 is 0 Å². The first kappa shape index (κ1) is 24.8. The predicted molar refractivity (Wildman–Crippen MR) is 143 cm³/mol. The monoisotopic (exact) mass is 495 g/mol. The Bertz CT molecular complexity index is 1280. The Morgan fingerprint density at radius 1 is 0.784 bits per heavy atom. The first-order valence-corrected chi connectivity index (χ1v) is 13.0. The topological polar surface area (TPSA) is 64.6 Å². The van der Waals surface area contributed by atoms with Crippen LogP contribution in [0.2, 0.25) is 0 Å². The van der Waals surface area contributed by atoms with Crippen LogP contribution in [0.1, 0.15) is 61.6 Å². The number of amides is 1. The molecule has 1 aliphatic carbocycles. The van der Waals surface area contributed by atoms with Crippen LogP contribution in [0, 0.1) is 5.92 Å². The number of carbonyl (C=O) groups is 2. The molecule has 0 radical (unpaired) electrons. The number of hydrogen-bond acceptors (Lipinski definition) is 4. The van der Waals surface area contributed by atoms with Crippen LogP contribution in [0.4, 0.5) is 0 Å². The highest BCUT2D eigenvalue weighted by Crippen LogP contribution is 2.43. The van der Waals surface area contributed by atoms with Gasteiger partial charge in [-0.1, -0.05) is 68.4 Å². The third-order valence-electron chi connectivity index (χ3n) is 7.00. The number of allylic oxidation sites excluding steroid dienone is 2. The highest BCUT2D eigenvalue weighted by molar-refractivity contribution is 6.02. The van der Waals surface area contributed by atoms with Gasteiger partial charge in [-0.05, 0) is 59.2 Å². The van der Waals surface area contributed by atoms with Crippen LogP contribution >= 0.6 is 0 Å². The molecule has 1 aliphatic heterocycles. The lowest BCUT2D eigenvalue weighted by atomic mass is 9.73. The maximum Gasteiger partial charge on any atom is 0.225 e. The second-order valence-corrected chi connectivity index (χ2v) is 10.3. The summed E-state index contributed by atoms with van der Waals surface area (Å²) in [5.74, 6) is 1.94. The van der Waals surface area contributed by atoms with E-state index in [9.17, 15) is 9.59 Å². The number of carbonyl (C=O) groups excluding carboxylic acids is 2.